The quantitative estimate of drug-likeness (QED) is 0.420. The SMILES string of the molecule is CN=C(NCC1CCN(C)C1)NCC(C)(C)SC.I. The average Bonchev–Trinajstić information content (AvgIpc) is 2.75. The highest BCUT2D eigenvalue weighted by Crippen LogP contribution is 2.19. The third kappa shape index (κ3) is 7.60. The van der Waals surface area contributed by atoms with E-state index in [2.05, 4.69) is 47.7 Å². The monoisotopic (exact) mass is 400 g/mol. The maximum atomic E-state index is 4.28. The number of aliphatic imine (C=N–C) groups is 1. The van der Waals surface area contributed by atoms with Crippen LogP contribution < -0.4 is 10.6 Å². The summed E-state index contributed by atoms with van der Waals surface area (Å²) in [5.74, 6) is 1.67. The molecule has 114 valence electrons. The Bertz CT molecular complexity index is 284. The predicted molar refractivity (Wildman–Crippen MR) is 98.0 cm³/mol. The van der Waals surface area contributed by atoms with E-state index < -0.39 is 0 Å². The molecule has 1 aliphatic heterocycles. The molecule has 1 atom stereocenters. The van der Waals surface area contributed by atoms with Crippen molar-refractivity contribution in [2.24, 2.45) is 10.9 Å². The Labute approximate surface area is 139 Å². The fourth-order valence-corrected chi connectivity index (χ4v) is 2.24. The number of hydrogen-bond donors (Lipinski definition) is 2. The zero-order chi connectivity index (χ0) is 13.6. The van der Waals surface area contributed by atoms with Gasteiger partial charge >= 0.3 is 0 Å². The number of likely N-dealkylation sites (tertiary alicyclic amines) is 1. The van der Waals surface area contributed by atoms with Gasteiger partial charge in [0.1, 0.15) is 0 Å². The fraction of sp³-hybridized carbons (Fsp3) is 0.923. The highest BCUT2D eigenvalue weighted by Gasteiger charge is 2.20. The lowest BCUT2D eigenvalue weighted by atomic mass is 10.1. The predicted octanol–water partition coefficient (Wildman–Crippen LogP) is 1.86. The van der Waals surface area contributed by atoms with Crippen molar-refractivity contribution in [2.45, 2.75) is 25.0 Å². The van der Waals surface area contributed by atoms with Crippen LogP contribution >= 0.6 is 35.7 Å². The van der Waals surface area contributed by atoms with Crippen LogP contribution in [0.2, 0.25) is 0 Å². The molecule has 6 heteroatoms. The van der Waals surface area contributed by atoms with Gasteiger partial charge in [-0.3, -0.25) is 4.99 Å². The van der Waals surface area contributed by atoms with Crippen molar-refractivity contribution in [3.63, 3.8) is 0 Å². The molecule has 2 N–H and O–H groups in total. The van der Waals surface area contributed by atoms with Gasteiger partial charge in [-0.1, -0.05) is 0 Å². The molecule has 0 saturated carbocycles. The van der Waals surface area contributed by atoms with Gasteiger partial charge < -0.3 is 15.5 Å². The molecular weight excluding hydrogens is 371 g/mol. The number of thioether (sulfide) groups is 1. The molecule has 0 radical (unpaired) electrons. The fourth-order valence-electron chi connectivity index (χ4n) is 2.02. The lowest BCUT2D eigenvalue weighted by Gasteiger charge is -2.24. The van der Waals surface area contributed by atoms with Gasteiger partial charge in [-0.05, 0) is 46.0 Å². The van der Waals surface area contributed by atoms with E-state index in [-0.39, 0.29) is 28.7 Å². The van der Waals surface area contributed by atoms with E-state index in [0.29, 0.717) is 0 Å². The normalized spacial score (nSPS) is 21.1. The highest BCUT2D eigenvalue weighted by atomic mass is 127. The second-order valence-electron chi connectivity index (χ2n) is 5.69. The van der Waals surface area contributed by atoms with Crippen molar-refractivity contribution in [3.8, 4) is 0 Å². The van der Waals surface area contributed by atoms with Crippen molar-refractivity contribution in [1.82, 2.24) is 15.5 Å². The summed E-state index contributed by atoms with van der Waals surface area (Å²) in [6.07, 6.45) is 3.43. The van der Waals surface area contributed by atoms with Crippen LogP contribution in [0.5, 0.6) is 0 Å². The molecule has 1 aliphatic rings. The molecule has 0 bridgehead atoms. The summed E-state index contributed by atoms with van der Waals surface area (Å²) < 4.78 is 0.241. The first-order valence-corrected chi connectivity index (χ1v) is 7.87. The van der Waals surface area contributed by atoms with Crippen LogP contribution in [0, 0.1) is 5.92 Å². The molecule has 0 aromatic rings. The number of nitrogens with zero attached hydrogens (tertiary/aromatic N) is 2. The Kier molecular flexibility index (Phi) is 9.43. The van der Waals surface area contributed by atoms with E-state index in [1.165, 1.54) is 19.5 Å². The first-order valence-electron chi connectivity index (χ1n) is 6.65. The van der Waals surface area contributed by atoms with Crippen LogP contribution in [0.4, 0.5) is 0 Å². The third-order valence-electron chi connectivity index (χ3n) is 3.50. The largest absolute Gasteiger partial charge is 0.356 e. The molecule has 0 amide bonds. The summed E-state index contributed by atoms with van der Waals surface area (Å²) in [4.78, 5) is 6.67. The molecule has 1 heterocycles. The summed E-state index contributed by atoms with van der Waals surface area (Å²) in [6, 6.07) is 0. The van der Waals surface area contributed by atoms with Crippen LogP contribution in [0.15, 0.2) is 4.99 Å². The van der Waals surface area contributed by atoms with Gasteiger partial charge in [-0.15, -0.1) is 24.0 Å². The van der Waals surface area contributed by atoms with Gasteiger partial charge in [0, 0.05) is 31.4 Å². The molecular formula is C13H29IN4S. The standard InChI is InChI=1S/C13H28N4S.HI/c1-13(2,18-5)10-16-12(14-3)15-8-11-6-7-17(4)9-11;/h11H,6-10H2,1-5H3,(H2,14,15,16);1H. The van der Waals surface area contributed by atoms with Gasteiger partial charge in [0.25, 0.3) is 0 Å². The molecule has 0 spiro atoms. The highest BCUT2D eigenvalue weighted by molar-refractivity contribution is 14.0. The van der Waals surface area contributed by atoms with Crippen molar-refractivity contribution in [2.75, 3.05) is 46.5 Å². The summed E-state index contributed by atoms with van der Waals surface area (Å²) in [5, 5.41) is 6.83. The Morgan fingerprint density at radius 3 is 2.58 bits per heavy atom. The van der Waals surface area contributed by atoms with Crippen molar-refractivity contribution >= 4 is 41.7 Å². The second-order valence-corrected chi connectivity index (χ2v) is 7.20. The van der Waals surface area contributed by atoms with Crippen LogP contribution in [0.3, 0.4) is 0 Å². The molecule has 1 rings (SSSR count). The lowest BCUT2D eigenvalue weighted by Crippen LogP contribution is -2.44. The number of hydrogen-bond acceptors (Lipinski definition) is 3. The van der Waals surface area contributed by atoms with Crippen LogP contribution in [0.1, 0.15) is 20.3 Å². The molecule has 0 aromatic carbocycles. The minimum absolute atomic E-state index is 0. The van der Waals surface area contributed by atoms with Crippen molar-refractivity contribution in [3.05, 3.63) is 0 Å². The van der Waals surface area contributed by atoms with Crippen molar-refractivity contribution in [1.29, 1.82) is 0 Å². The first kappa shape index (κ1) is 19.3. The smallest absolute Gasteiger partial charge is 0.191 e. The van der Waals surface area contributed by atoms with E-state index >= 15 is 0 Å². The van der Waals surface area contributed by atoms with Crippen LogP contribution in [-0.4, -0.2) is 62.1 Å². The Hall–Kier alpha value is 0.310. The zero-order valence-electron chi connectivity index (χ0n) is 12.8. The molecule has 1 fully saturated rings. The summed E-state index contributed by atoms with van der Waals surface area (Å²) in [6.45, 7) is 8.84. The van der Waals surface area contributed by atoms with Gasteiger partial charge in [-0.2, -0.15) is 11.8 Å². The zero-order valence-corrected chi connectivity index (χ0v) is 16.0. The summed E-state index contributed by atoms with van der Waals surface area (Å²) in [7, 11) is 4.02. The molecule has 1 saturated heterocycles. The molecule has 0 aromatic heterocycles. The number of nitrogens with one attached hydrogen (secondary N) is 2. The molecule has 19 heavy (non-hydrogen) atoms. The number of halogens is 1. The Morgan fingerprint density at radius 2 is 2.11 bits per heavy atom. The van der Waals surface area contributed by atoms with E-state index in [4.69, 9.17) is 0 Å². The molecule has 0 aliphatic carbocycles. The summed E-state index contributed by atoms with van der Waals surface area (Å²) in [5.41, 5.74) is 0. The average molecular weight is 400 g/mol. The lowest BCUT2D eigenvalue weighted by molar-refractivity contribution is 0.394. The van der Waals surface area contributed by atoms with Gasteiger partial charge in [0.05, 0.1) is 0 Å². The van der Waals surface area contributed by atoms with E-state index in [1.807, 2.05) is 18.8 Å². The van der Waals surface area contributed by atoms with Crippen LogP contribution in [0.25, 0.3) is 0 Å². The third-order valence-corrected chi connectivity index (χ3v) is 4.75. The minimum atomic E-state index is 0. The number of rotatable bonds is 5. The van der Waals surface area contributed by atoms with E-state index in [0.717, 1.165) is 25.0 Å². The Balaban J connectivity index is 0.00000324. The summed E-state index contributed by atoms with van der Waals surface area (Å²) >= 11 is 1.87. The molecule has 4 nitrogen and oxygen atoms in total. The number of guanidine groups is 1. The molecule has 1 unspecified atom stereocenters. The minimum Gasteiger partial charge on any atom is -0.356 e. The van der Waals surface area contributed by atoms with Crippen LogP contribution in [-0.2, 0) is 0 Å². The maximum Gasteiger partial charge on any atom is 0.191 e. The maximum absolute atomic E-state index is 4.28. The van der Waals surface area contributed by atoms with Gasteiger partial charge in [0.2, 0.25) is 0 Å². The van der Waals surface area contributed by atoms with Gasteiger partial charge in [-0.25, -0.2) is 0 Å². The van der Waals surface area contributed by atoms with Gasteiger partial charge in [0.15, 0.2) is 5.96 Å². The Morgan fingerprint density at radius 1 is 1.42 bits per heavy atom. The topological polar surface area (TPSA) is 39.7 Å². The second kappa shape index (κ2) is 9.28. The van der Waals surface area contributed by atoms with Crippen molar-refractivity contribution < 1.29 is 0 Å². The van der Waals surface area contributed by atoms with E-state index in [9.17, 15) is 0 Å². The first-order chi connectivity index (χ1) is 8.46. The van der Waals surface area contributed by atoms with E-state index in [1.54, 1.807) is 0 Å².